The van der Waals surface area contributed by atoms with Gasteiger partial charge in [0.05, 0.1) is 29.6 Å². The maximum absolute atomic E-state index is 12.6. The van der Waals surface area contributed by atoms with Gasteiger partial charge in [0.25, 0.3) is 0 Å². The topological polar surface area (TPSA) is 93.9 Å². The monoisotopic (exact) mass is 361 g/mol. The molecule has 7 nitrogen and oxygen atoms in total. The third kappa shape index (κ3) is 3.43. The number of nitrogens with one attached hydrogen (secondary N) is 1. The highest BCUT2D eigenvalue weighted by atomic mass is 16.6. The highest BCUT2D eigenvalue weighted by Crippen LogP contribution is 2.51. The van der Waals surface area contributed by atoms with Crippen molar-refractivity contribution in [1.29, 1.82) is 0 Å². The maximum Gasteiger partial charge on any atom is 0.410 e. The van der Waals surface area contributed by atoms with Crippen molar-refractivity contribution in [3.8, 4) is 0 Å². The van der Waals surface area contributed by atoms with Gasteiger partial charge in [0, 0.05) is 13.1 Å². The fourth-order valence-electron chi connectivity index (χ4n) is 3.86. The number of nitrogens with two attached hydrogens (primary N) is 1. The van der Waals surface area contributed by atoms with Gasteiger partial charge in [-0.1, -0.05) is 0 Å². The van der Waals surface area contributed by atoms with Crippen molar-refractivity contribution in [2.75, 3.05) is 31.2 Å². The van der Waals surface area contributed by atoms with Gasteiger partial charge < -0.3 is 25.4 Å². The van der Waals surface area contributed by atoms with Crippen LogP contribution in [-0.2, 0) is 9.47 Å². The summed E-state index contributed by atoms with van der Waals surface area (Å²) < 4.78 is 10.3. The molecule has 0 unspecified atom stereocenters. The summed E-state index contributed by atoms with van der Waals surface area (Å²) in [6.07, 6.45) is 1.64. The van der Waals surface area contributed by atoms with Crippen LogP contribution in [0.25, 0.3) is 0 Å². The number of methoxy groups -OCH3 is 1. The Hall–Kier alpha value is -2.44. The van der Waals surface area contributed by atoms with E-state index in [0.717, 1.165) is 19.4 Å². The lowest BCUT2D eigenvalue weighted by Crippen LogP contribution is -2.54. The molecule has 0 atom stereocenters. The highest BCUT2D eigenvalue weighted by molar-refractivity contribution is 5.92. The van der Waals surface area contributed by atoms with Gasteiger partial charge in [-0.15, -0.1) is 0 Å². The Morgan fingerprint density at radius 3 is 2.65 bits per heavy atom. The largest absolute Gasteiger partial charge is 0.465 e. The van der Waals surface area contributed by atoms with Crippen LogP contribution in [0.1, 0.15) is 44.0 Å². The Morgan fingerprint density at radius 1 is 1.35 bits per heavy atom. The smallest absolute Gasteiger partial charge is 0.410 e. The third-order valence-electron chi connectivity index (χ3n) is 5.05. The molecule has 1 aromatic carbocycles. The van der Waals surface area contributed by atoms with Crippen LogP contribution in [0.5, 0.6) is 0 Å². The fraction of sp³-hybridized carbons (Fsp3) is 0.579. The molecule has 3 aliphatic rings. The Labute approximate surface area is 153 Å². The van der Waals surface area contributed by atoms with Crippen molar-refractivity contribution in [2.24, 2.45) is 5.92 Å². The van der Waals surface area contributed by atoms with Gasteiger partial charge >= 0.3 is 12.1 Å². The lowest BCUT2D eigenvalue weighted by atomic mass is 9.73. The zero-order chi connectivity index (χ0) is 19.1. The minimum absolute atomic E-state index is 0.249. The first kappa shape index (κ1) is 18.4. The van der Waals surface area contributed by atoms with E-state index < -0.39 is 11.6 Å². The van der Waals surface area contributed by atoms with E-state index >= 15 is 0 Å². The lowest BCUT2D eigenvalue weighted by Gasteiger charge is -2.42. The van der Waals surface area contributed by atoms with E-state index in [1.54, 1.807) is 18.2 Å². The predicted octanol–water partition coefficient (Wildman–Crippen LogP) is 2.87. The minimum atomic E-state index is -0.516. The van der Waals surface area contributed by atoms with Crippen LogP contribution in [0, 0.1) is 5.92 Å². The van der Waals surface area contributed by atoms with Crippen LogP contribution in [-0.4, -0.2) is 48.3 Å². The fourth-order valence-corrected chi connectivity index (χ4v) is 3.86. The predicted molar refractivity (Wildman–Crippen MR) is 99.1 cm³/mol. The molecule has 3 fully saturated rings. The Balaban J connectivity index is 1.71. The number of benzene rings is 1. The van der Waals surface area contributed by atoms with Crippen molar-refractivity contribution >= 4 is 23.4 Å². The van der Waals surface area contributed by atoms with Crippen molar-refractivity contribution < 1.29 is 19.1 Å². The number of hydrogen-bond donors (Lipinski definition) is 2. The van der Waals surface area contributed by atoms with Crippen LogP contribution in [0.3, 0.4) is 0 Å². The molecule has 3 N–H and O–H groups in total. The molecule has 2 aliphatic heterocycles. The highest BCUT2D eigenvalue weighted by Gasteiger charge is 2.58. The average molecular weight is 361 g/mol. The molecule has 0 spiro atoms. The van der Waals surface area contributed by atoms with Gasteiger partial charge in [-0.05, 0) is 57.7 Å². The third-order valence-corrected chi connectivity index (χ3v) is 5.05. The van der Waals surface area contributed by atoms with Crippen LogP contribution < -0.4 is 11.1 Å². The molecule has 26 heavy (non-hydrogen) atoms. The van der Waals surface area contributed by atoms with Crippen LogP contribution in [0.2, 0.25) is 0 Å². The first-order valence-corrected chi connectivity index (χ1v) is 8.86. The Kier molecular flexibility index (Phi) is 4.50. The molecule has 0 aromatic heterocycles. The number of carbonyl (C=O) groups excluding carboxylic acids is 2. The number of amides is 1. The van der Waals surface area contributed by atoms with E-state index in [1.807, 2.05) is 25.7 Å². The first-order valence-electron chi connectivity index (χ1n) is 8.86. The van der Waals surface area contributed by atoms with E-state index in [9.17, 15) is 9.59 Å². The van der Waals surface area contributed by atoms with E-state index in [4.69, 9.17) is 15.2 Å². The zero-order valence-electron chi connectivity index (χ0n) is 15.8. The normalized spacial score (nSPS) is 24.0. The maximum atomic E-state index is 12.6. The molecule has 2 bridgehead atoms. The van der Waals surface area contributed by atoms with E-state index in [-0.39, 0.29) is 11.6 Å². The molecule has 7 heteroatoms. The molecule has 1 amide bonds. The summed E-state index contributed by atoms with van der Waals surface area (Å²) in [4.78, 5) is 26.1. The first-order chi connectivity index (χ1) is 12.1. The second-order valence-corrected chi connectivity index (χ2v) is 8.24. The van der Waals surface area contributed by atoms with Gasteiger partial charge in [-0.3, -0.25) is 0 Å². The minimum Gasteiger partial charge on any atom is -0.465 e. The molecule has 2 saturated heterocycles. The molecule has 1 aliphatic carbocycles. The zero-order valence-corrected chi connectivity index (χ0v) is 15.8. The summed E-state index contributed by atoms with van der Waals surface area (Å²) in [7, 11) is 1.34. The number of rotatable bonds is 4. The summed E-state index contributed by atoms with van der Waals surface area (Å²) in [6.45, 7) is 6.91. The summed E-state index contributed by atoms with van der Waals surface area (Å²) in [5, 5.41) is 3.32. The molecular formula is C19H27N3O4. The van der Waals surface area contributed by atoms with Crippen molar-refractivity contribution in [3.05, 3.63) is 23.8 Å². The number of nitrogen functional groups attached to an aromatic ring is 1. The number of ether oxygens (including phenoxy) is 2. The lowest BCUT2D eigenvalue weighted by molar-refractivity contribution is 0.00973. The molecule has 1 aromatic rings. The quantitative estimate of drug-likeness (QED) is 0.633. The van der Waals surface area contributed by atoms with Crippen molar-refractivity contribution in [3.63, 3.8) is 0 Å². The number of anilines is 2. The van der Waals surface area contributed by atoms with Gasteiger partial charge in [0.2, 0.25) is 0 Å². The number of carbonyl (C=O) groups is 2. The molecule has 0 radical (unpaired) electrons. The number of esters is 1. The number of hydrogen-bond acceptors (Lipinski definition) is 6. The van der Waals surface area contributed by atoms with Gasteiger partial charge in [0.1, 0.15) is 5.60 Å². The average Bonchev–Trinajstić information content (AvgIpc) is 3.07. The molecular weight excluding hydrogens is 334 g/mol. The summed E-state index contributed by atoms with van der Waals surface area (Å²) >= 11 is 0. The molecule has 2 heterocycles. The van der Waals surface area contributed by atoms with Crippen molar-refractivity contribution in [1.82, 2.24) is 4.90 Å². The van der Waals surface area contributed by atoms with E-state index in [1.165, 1.54) is 7.11 Å². The van der Waals surface area contributed by atoms with Gasteiger partial charge in [0.15, 0.2) is 0 Å². The van der Waals surface area contributed by atoms with Crippen LogP contribution in [0.4, 0.5) is 16.2 Å². The molecule has 4 rings (SSSR count). The summed E-state index contributed by atoms with van der Waals surface area (Å²) in [5.74, 6) is 0.120. The Bertz CT molecular complexity index is 720. The second kappa shape index (κ2) is 6.37. The van der Waals surface area contributed by atoms with Crippen molar-refractivity contribution in [2.45, 2.75) is 44.8 Å². The number of fused-ring (bicyclic) bond motifs is 1. The standard InChI is InChI=1S/C19H27N3O4/c1-18(2,3)26-17(24)22-10-12-8-19(22,9-12)11-21-15-7-13(16(23)25-4)5-6-14(15)20/h5-7,12,21H,8-11,20H2,1-4H3. The SMILES string of the molecule is COC(=O)c1ccc(N)c(NCC23CC(CN2C(=O)OC(C)(C)C)C3)c1. The van der Waals surface area contributed by atoms with Gasteiger partial charge in [-0.2, -0.15) is 0 Å². The van der Waals surface area contributed by atoms with Crippen LogP contribution in [0.15, 0.2) is 18.2 Å². The summed E-state index contributed by atoms with van der Waals surface area (Å²) in [5.41, 5.74) is 6.91. The van der Waals surface area contributed by atoms with E-state index in [0.29, 0.717) is 29.4 Å². The molecule has 1 saturated carbocycles. The second-order valence-electron chi connectivity index (χ2n) is 8.24. The van der Waals surface area contributed by atoms with Gasteiger partial charge in [-0.25, -0.2) is 9.59 Å². The number of nitrogens with zero attached hydrogens (tertiary/aromatic N) is 1. The van der Waals surface area contributed by atoms with E-state index in [2.05, 4.69) is 5.32 Å². The summed E-state index contributed by atoms with van der Waals surface area (Å²) in [6, 6.07) is 4.99. The Morgan fingerprint density at radius 2 is 2.04 bits per heavy atom. The van der Waals surface area contributed by atoms with Crippen LogP contribution >= 0.6 is 0 Å². The molecule has 142 valence electrons.